The summed E-state index contributed by atoms with van der Waals surface area (Å²) in [6, 6.07) is 4.36. The molecular formula is C13H25N3S. The molecule has 0 spiro atoms. The van der Waals surface area contributed by atoms with Gasteiger partial charge in [-0.15, -0.1) is 11.3 Å². The zero-order chi connectivity index (χ0) is 12.7. The van der Waals surface area contributed by atoms with Gasteiger partial charge in [0.1, 0.15) is 0 Å². The number of hydrogen-bond acceptors (Lipinski definition) is 4. The quantitative estimate of drug-likeness (QED) is 0.771. The maximum Gasteiger partial charge on any atom is 0.0328 e. The predicted molar refractivity (Wildman–Crippen MR) is 76.3 cm³/mol. The lowest BCUT2D eigenvalue weighted by molar-refractivity contribution is 0.235. The van der Waals surface area contributed by atoms with Crippen LogP contribution in [-0.2, 0) is 13.1 Å². The Kier molecular flexibility index (Phi) is 6.73. The summed E-state index contributed by atoms with van der Waals surface area (Å²) in [5.41, 5.74) is 5.64. The Morgan fingerprint density at radius 2 is 1.82 bits per heavy atom. The smallest absolute Gasteiger partial charge is 0.0328 e. The van der Waals surface area contributed by atoms with Gasteiger partial charge >= 0.3 is 0 Å². The molecule has 2 N–H and O–H groups in total. The third-order valence-corrected chi connectivity index (χ3v) is 3.79. The minimum Gasteiger partial charge on any atom is -0.326 e. The van der Waals surface area contributed by atoms with Crippen molar-refractivity contribution in [2.24, 2.45) is 5.73 Å². The number of thiophene rings is 1. The van der Waals surface area contributed by atoms with Crippen LogP contribution in [-0.4, -0.2) is 43.5 Å². The number of nitrogens with zero attached hydrogens (tertiary/aromatic N) is 2. The van der Waals surface area contributed by atoms with Crippen molar-refractivity contribution in [2.45, 2.75) is 26.4 Å². The van der Waals surface area contributed by atoms with Crippen LogP contribution in [0.15, 0.2) is 12.1 Å². The maximum atomic E-state index is 5.64. The van der Waals surface area contributed by atoms with Crippen LogP contribution in [0, 0.1) is 0 Å². The van der Waals surface area contributed by atoms with Gasteiger partial charge < -0.3 is 10.6 Å². The Balaban J connectivity index is 2.47. The van der Waals surface area contributed by atoms with Gasteiger partial charge in [0.05, 0.1) is 0 Å². The van der Waals surface area contributed by atoms with Gasteiger partial charge in [0, 0.05) is 35.9 Å². The van der Waals surface area contributed by atoms with E-state index < -0.39 is 0 Å². The second-order valence-corrected chi connectivity index (χ2v) is 5.90. The van der Waals surface area contributed by atoms with Crippen molar-refractivity contribution in [2.75, 3.05) is 33.7 Å². The van der Waals surface area contributed by atoms with E-state index in [1.165, 1.54) is 22.7 Å². The first-order valence-electron chi connectivity index (χ1n) is 6.30. The first kappa shape index (κ1) is 14.6. The van der Waals surface area contributed by atoms with Crippen LogP contribution in [0.2, 0.25) is 0 Å². The van der Waals surface area contributed by atoms with Crippen molar-refractivity contribution < 1.29 is 0 Å². The molecule has 0 aliphatic carbocycles. The minimum atomic E-state index is 0.663. The molecule has 0 atom stereocenters. The first-order chi connectivity index (χ1) is 8.15. The minimum absolute atomic E-state index is 0.663. The Morgan fingerprint density at radius 1 is 1.12 bits per heavy atom. The fraction of sp³-hybridized carbons (Fsp3) is 0.692. The van der Waals surface area contributed by atoms with E-state index in [1.54, 1.807) is 0 Å². The highest BCUT2D eigenvalue weighted by Crippen LogP contribution is 2.17. The van der Waals surface area contributed by atoms with Gasteiger partial charge in [0.25, 0.3) is 0 Å². The first-order valence-corrected chi connectivity index (χ1v) is 7.12. The van der Waals surface area contributed by atoms with E-state index in [0.29, 0.717) is 6.54 Å². The summed E-state index contributed by atoms with van der Waals surface area (Å²) in [4.78, 5) is 7.47. The van der Waals surface area contributed by atoms with Crippen molar-refractivity contribution in [3.8, 4) is 0 Å². The third-order valence-electron chi connectivity index (χ3n) is 2.70. The molecule has 98 valence electrons. The Hall–Kier alpha value is -0.420. The molecule has 0 fully saturated rings. The van der Waals surface area contributed by atoms with Crippen LogP contribution in [0.5, 0.6) is 0 Å². The van der Waals surface area contributed by atoms with Crippen LogP contribution in [0.1, 0.15) is 23.1 Å². The molecule has 0 aliphatic heterocycles. The molecule has 0 saturated heterocycles. The predicted octanol–water partition coefficient (Wildman–Crippen LogP) is 1.98. The average molecular weight is 255 g/mol. The van der Waals surface area contributed by atoms with Crippen LogP contribution in [0.4, 0.5) is 0 Å². The Morgan fingerprint density at radius 3 is 2.35 bits per heavy atom. The standard InChI is InChI=1S/C13H25N3S/c1-4-7-16(9-8-15(2)3)11-13-6-5-12(10-14)17-13/h5-6H,4,7-11,14H2,1-3H3. The highest BCUT2D eigenvalue weighted by atomic mass is 32.1. The summed E-state index contributed by atoms with van der Waals surface area (Å²) < 4.78 is 0. The SMILES string of the molecule is CCCN(CCN(C)C)Cc1ccc(CN)s1. The summed E-state index contributed by atoms with van der Waals surface area (Å²) in [7, 11) is 4.25. The van der Waals surface area contributed by atoms with Gasteiger partial charge in [-0.3, -0.25) is 4.90 Å². The molecule has 4 heteroatoms. The number of hydrogen-bond donors (Lipinski definition) is 1. The van der Waals surface area contributed by atoms with Crippen LogP contribution < -0.4 is 5.73 Å². The molecule has 1 heterocycles. The lowest BCUT2D eigenvalue weighted by atomic mass is 10.3. The maximum absolute atomic E-state index is 5.64. The zero-order valence-corrected chi connectivity index (χ0v) is 12.1. The third kappa shape index (κ3) is 5.64. The van der Waals surface area contributed by atoms with Gasteiger partial charge in [0.15, 0.2) is 0 Å². The molecule has 0 radical (unpaired) electrons. The van der Waals surface area contributed by atoms with Gasteiger partial charge in [-0.2, -0.15) is 0 Å². The van der Waals surface area contributed by atoms with E-state index >= 15 is 0 Å². The molecule has 0 bridgehead atoms. The molecule has 0 amide bonds. The summed E-state index contributed by atoms with van der Waals surface area (Å²) in [6.07, 6.45) is 1.21. The van der Waals surface area contributed by atoms with Gasteiger partial charge in [0.2, 0.25) is 0 Å². The molecule has 3 nitrogen and oxygen atoms in total. The summed E-state index contributed by atoms with van der Waals surface area (Å²) in [5.74, 6) is 0. The molecule has 0 unspecified atom stereocenters. The summed E-state index contributed by atoms with van der Waals surface area (Å²) in [6.45, 7) is 7.39. The van der Waals surface area contributed by atoms with E-state index in [-0.39, 0.29) is 0 Å². The zero-order valence-electron chi connectivity index (χ0n) is 11.3. The van der Waals surface area contributed by atoms with Crippen molar-refractivity contribution in [3.05, 3.63) is 21.9 Å². The van der Waals surface area contributed by atoms with Crippen molar-refractivity contribution in [1.82, 2.24) is 9.80 Å². The normalized spacial score (nSPS) is 11.6. The van der Waals surface area contributed by atoms with Crippen molar-refractivity contribution >= 4 is 11.3 Å². The second kappa shape index (κ2) is 7.82. The Bertz CT molecular complexity index is 309. The fourth-order valence-corrected chi connectivity index (χ4v) is 2.70. The Labute approximate surface area is 109 Å². The fourth-order valence-electron chi connectivity index (χ4n) is 1.76. The van der Waals surface area contributed by atoms with Gasteiger partial charge in [-0.05, 0) is 39.2 Å². The number of likely N-dealkylation sites (N-methyl/N-ethyl adjacent to an activating group) is 1. The summed E-state index contributed by atoms with van der Waals surface area (Å²) in [5, 5.41) is 0. The largest absolute Gasteiger partial charge is 0.326 e. The van der Waals surface area contributed by atoms with Crippen LogP contribution in [0.3, 0.4) is 0 Å². The average Bonchev–Trinajstić information content (AvgIpc) is 2.74. The van der Waals surface area contributed by atoms with Crippen molar-refractivity contribution in [1.29, 1.82) is 0 Å². The molecular weight excluding hydrogens is 230 g/mol. The number of rotatable bonds is 8. The summed E-state index contributed by atoms with van der Waals surface area (Å²) >= 11 is 1.84. The van der Waals surface area contributed by atoms with E-state index in [1.807, 2.05) is 11.3 Å². The highest BCUT2D eigenvalue weighted by Gasteiger charge is 2.07. The van der Waals surface area contributed by atoms with Crippen molar-refractivity contribution in [3.63, 3.8) is 0 Å². The molecule has 1 aromatic rings. The molecule has 1 aromatic heterocycles. The van der Waals surface area contributed by atoms with Crippen LogP contribution in [0.25, 0.3) is 0 Å². The lowest BCUT2D eigenvalue weighted by Crippen LogP contribution is -2.31. The van der Waals surface area contributed by atoms with E-state index in [4.69, 9.17) is 5.73 Å². The van der Waals surface area contributed by atoms with Gasteiger partial charge in [-0.25, -0.2) is 0 Å². The van der Waals surface area contributed by atoms with Gasteiger partial charge in [-0.1, -0.05) is 6.92 Å². The number of nitrogens with two attached hydrogens (primary N) is 1. The second-order valence-electron chi connectivity index (χ2n) is 4.65. The van der Waals surface area contributed by atoms with E-state index in [9.17, 15) is 0 Å². The molecule has 0 aromatic carbocycles. The highest BCUT2D eigenvalue weighted by molar-refractivity contribution is 7.11. The lowest BCUT2D eigenvalue weighted by Gasteiger charge is -2.22. The molecule has 17 heavy (non-hydrogen) atoms. The molecule has 0 aliphatic rings. The van der Waals surface area contributed by atoms with Crippen LogP contribution >= 0.6 is 11.3 Å². The van der Waals surface area contributed by atoms with E-state index in [2.05, 4.69) is 43.0 Å². The monoisotopic (exact) mass is 255 g/mol. The molecule has 0 saturated carbocycles. The molecule has 1 rings (SSSR count). The van der Waals surface area contributed by atoms with E-state index in [0.717, 1.165) is 19.6 Å². The topological polar surface area (TPSA) is 32.5 Å².